The minimum atomic E-state index is -0.201. The molecule has 3 saturated carbocycles. The molecule has 0 aromatic carbocycles. The fourth-order valence-electron chi connectivity index (χ4n) is 4.66. The summed E-state index contributed by atoms with van der Waals surface area (Å²) in [5.41, 5.74) is 0. The molecule has 0 spiro atoms. The van der Waals surface area contributed by atoms with Crippen molar-refractivity contribution in [1.82, 2.24) is 0 Å². The number of aliphatic hydroxyl groups is 2. The first-order valence-corrected chi connectivity index (χ1v) is 9.18. The second-order valence-electron chi connectivity index (χ2n) is 7.71. The zero-order chi connectivity index (χ0) is 15.5. The van der Waals surface area contributed by atoms with Crippen LogP contribution in [-0.2, 0) is 9.53 Å². The summed E-state index contributed by atoms with van der Waals surface area (Å²) in [6.07, 6.45) is 10.1. The molecule has 0 radical (unpaired) electrons. The first-order chi connectivity index (χ1) is 10.6. The lowest BCUT2D eigenvalue weighted by Crippen LogP contribution is -2.29. The third-order valence-electron chi connectivity index (χ3n) is 6.14. The van der Waals surface area contributed by atoms with Crippen molar-refractivity contribution in [2.75, 3.05) is 0 Å². The summed E-state index contributed by atoms with van der Waals surface area (Å²) in [5, 5.41) is 19.1. The minimum Gasteiger partial charge on any atom is -0.462 e. The molecule has 2 atom stereocenters. The number of rotatable bonds is 3. The van der Waals surface area contributed by atoms with Gasteiger partial charge in [-0.05, 0) is 82.5 Å². The maximum atomic E-state index is 12.4. The predicted octanol–water partition coefficient (Wildman–Crippen LogP) is 2.80. The van der Waals surface area contributed by atoms with Gasteiger partial charge in [0.2, 0.25) is 0 Å². The van der Waals surface area contributed by atoms with E-state index >= 15 is 0 Å². The Morgan fingerprint density at radius 1 is 0.727 bits per heavy atom. The summed E-state index contributed by atoms with van der Waals surface area (Å²) in [7, 11) is 0. The standard InChI is InChI=1S/C18H30O4/c19-15-5-3-12(4-6-15)13-1-2-14(11-13)18(21)22-17-9-7-16(20)8-10-17/h12-17,19-20H,1-11H2. The molecule has 126 valence electrons. The van der Waals surface area contributed by atoms with Crippen LogP contribution in [0.3, 0.4) is 0 Å². The number of esters is 1. The number of ether oxygens (including phenoxy) is 1. The van der Waals surface area contributed by atoms with Gasteiger partial charge in [0.05, 0.1) is 18.1 Å². The Bertz CT molecular complexity index is 367. The van der Waals surface area contributed by atoms with Gasteiger partial charge in [0.1, 0.15) is 6.10 Å². The first-order valence-electron chi connectivity index (χ1n) is 9.18. The Labute approximate surface area is 133 Å². The van der Waals surface area contributed by atoms with Crippen molar-refractivity contribution in [1.29, 1.82) is 0 Å². The molecule has 3 aliphatic carbocycles. The van der Waals surface area contributed by atoms with Crippen molar-refractivity contribution in [3.8, 4) is 0 Å². The summed E-state index contributed by atoms with van der Waals surface area (Å²) in [6.45, 7) is 0. The largest absolute Gasteiger partial charge is 0.462 e. The topological polar surface area (TPSA) is 66.8 Å². The van der Waals surface area contributed by atoms with Gasteiger partial charge >= 0.3 is 5.97 Å². The molecule has 3 aliphatic rings. The van der Waals surface area contributed by atoms with Gasteiger partial charge in [0.25, 0.3) is 0 Å². The predicted molar refractivity (Wildman–Crippen MR) is 83.2 cm³/mol. The molecule has 2 unspecified atom stereocenters. The van der Waals surface area contributed by atoms with Crippen molar-refractivity contribution >= 4 is 5.97 Å². The van der Waals surface area contributed by atoms with E-state index in [4.69, 9.17) is 4.74 Å². The van der Waals surface area contributed by atoms with Gasteiger partial charge in [-0.3, -0.25) is 4.79 Å². The molecular formula is C18H30O4. The lowest BCUT2D eigenvalue weighted by molar-refractivity contribution is -0.156. The average Bonchev–Trinajstić information content (AvgIpc) is 3.00. The molecule has 0 saturated heterocycles. The van der Waals surface area contributed by atoms with Crippen LogP contribution in [0.2, 0.25) is 0 Å². The highest BCUT2D eigenvalue weighted by Gasteiger charge is 2.37. The Morgan fingerprint density at radius 2 is 1.27 bits per heavy atom. The molecule has 0 heterocycles. The van der Waals surface area contributed by atoms with Crippen molar-refractivity contribution in [3.05, 3.63) is 0 Å². The van der Waals surface area contributed by atoms with E-state index in [0.717, 1.165) is 70.6 Å². The second kappa shape index (κ2) is 7.31. The number of carbonyl (C=O) groups excluding carboxylic acids is 1. The van der Waals surface area contributed by atoms with Gasteiger partial charge in [-0.25, -0.2) is 0 Å². The number of hydrogen-bond donors (Lipinski definition) is 2. The smallest absolute Gasteiger partial charge is 0.309 e. The van der Waals surface area contributed by atoms with E-state index in [1.807, 2.05) is 0 Å². The van der Waals surface area contributed by atoms with Crippen LogP contribution in [0.1, 0.15) is 70.6 Å². The summed E-state index contributed by atoms with van der Waals surface area (Å²) in [5.74, 6) is 1.44. The van der Waals surface area contributed by atoms with E-state index < -0.39 is 0 Å². The van der Waals surface area contributed by atoms with Crippen LogP contribution in [0.25, 0.3) is 0 Å². The van der Waals surface area contributed by atoms with E-state index in [2.05, 4.69) is 0 Å². The summed E-state index contributed by atoms with van der Waals surface area (Å²) in [6, 6.07) is 0. The normalized spacial score (nSPS) is 43.0. The van der Waals surface area contributed by atoms with Gasteiger partial charge < -0.3 is 14.9 Å². The monoisotopic (exact) mass is 310 g/mol. The molecule has 4 nitrogen and oxygen atoms in total. The fourth-order valence-corrected chi connectivity index (χ4v) is 4.66. The van der Waals surface area contributed by atoms with E-state index in [1.165, 1.54) is 0 Å². The van der Waals surface area contributed by atoms with E-state index in [9.17, 15) is 15.0 Å². The lowest BCUT2D eigenvalue weighted by Gasteiger charge is -2.30. The molecule has 0 amide bonds. The van der Waals surface area contributed by atoms with Crippen molar-refractivity contribution < 1.29 is 19.7 Å². The van der Waals surface area contributed by atoms with Crippen LogP contribution >= 0.6 is 0 Å². The van der Waals surface area contributed by atoms with Gasteiger partial charge in [-0.2, -0.15) is 0 Å². The van der Waals surface area contributed by atoms with Crippen LogP contribution in [0.15, 0.2) is 0 Å². The van der Waals surface area contributed by atoms with Crippen molar-refractivity contribution in [2.45, 2.75) is 88.9 Å². The van der Waals surface area contributed by atoms with Gasteiger partial charge in [0.15, 0.2) is 0 Å². The molecule has 22 heavy (non-hydrogen) atoms. The van der Waals surface area contributed by atoms with E-state index in [-0.39, 0.29) is 30.2 Å². The van der Waals surface area contributed by atoms with Crippen LogP contribution in [0.4, 0.5) is 0 Å². The maximum Gasteiger partial charge on any atom is 0.309 e. The van der Waals surface area contributed by atoms with Gasteiger partial charge in [0, 0.05) is 0 Å². The van der Waals surface area contributed by atoms with Gasteiger partial charge in [-0.15, -0.1) is 0 Å². The molecule has 3 fully saturated rings. The highest BCUT2D eigenvalue weighted by Crippen LogP contribution is 2.42. The quantitative estimate of drug-likeness (QED) is 0.787. The van der Waals surface area contributed by atoms with Gasteiger partial charge in [-0.1, -0.05) is 0 Å². The van der Waals surface area contributed by atoms with Crippen molar-refractivity contribution in [3.63, 3.8) is 0 Å². The third kappa shape index (κ3) is 4.02. The molecule has 0 bridgehead atoms. The number of carbonyl (C=O) groups is 1. The van der Waals surface area contributed by atoms with Crippen LogP contribution < -0.4 is 0 Å². The van der Waals surface area contributed by atoms with Crippen LogP contribution in [0.5, 0.6) is 0 Å². The summed E-state index contributed by atoms with van der Waals surface area (Å²) in [4.78, 5) is 12.4. The molecular weight excluding hydrogens is 280 g/mol. The zero-order valence-corrected chi connectivity index (χ0v) is 13.5. The number of aliphatic hydroxyl groups excluding tert-OH is 2. The number of hydrogen-bond acceptors (Lipinski definition) is 4. The Kier molecular flexibility index (Phi) is 5.40. The highest BCUT2D eigenvalue weighted by atomic mass is 16.5. The molecule has 0 aliphatic heterocycles. The second-order valence-corrected chi connectivity index (χ2v) is 7.71. The molecule has 4 heteroatoms. The van der Waals surface area contributed by atoms with Crippen LogP contribution in [-0.4, -0.2) is 34.5 Å². The van der Waals surface area contributed by atoms with E-state index in [1.54, 1.807) is 0 Å². The average molecular weight is 310 g/mol. The first kappa shape index (κ1) is 16.3. The Hall–Kier alpha value is -0.610. The Morgan fingerprint density at radius 3 is 1.91 bits per heavy atom. The lowest BCUT2D eigenvalue weighted by atomic mass is 9.78. The molecule has 0 aromatic rings. The third-order valence-corrected chi connectivity index (χ3v) is 6.14. The Balaban J connectivity index is 1.43. The minimum absolute atomic E-state index is 0.000246. The SMILES string of the molecule is O=C(OC1CCC(O)CC1)C1CCC(C2CCC(O)CC2)C1. The maximum absolute atomic E-state index is 12.4. The fraction of sp³-hybridized carbons (Fsp3) is 0.944. The molecule has 0 aromatic heterocycles. The summed E-state index contributed by atoms with van der Waals surface area (Å²) < 4.78 is 5.69. The highest BCUT2D eigenvalue weighted by molar-refractivity contribution is 5.73. The summed E-state index contributed by atoms with van der Waals surface area (Å²) >= 11 is 0. The molecule has 2 N–H and O–H groups in total. The molecule has 3 rings (SSSR count). The van der Waals surface area contributed by atoms with E-state index in [0.29, 0.717) is 11.8 Å². The zero-order valence-electron chi connectivity index (χ0n) is 13.5. The van der Waals surface area contributed by atoms with Crippen LogP contribution in [0, 0.1) is 17.8 Å². The van der Waals surface area contributed by atoms with Crippen molar-refractivity contribution in [2.24, 2.45) is 17.8 Å².